The number of carbonyl (C=O) groups excluding carboxylic acids is 1. The summed E-state index contributed by atoms with van der Waals surface area (Å²) in [6, 6.07) is 11.0. The standard InChI is InChI=1S/C19H19Cl2N3O2S/c1-12-14(21)4-3-5-15(12)22-18(25)11-27-19-23-16-10-13(20)6-7-17(16)24(19)8-9-26-2/h3-7,10H,8-9,11H2,1-2H3,(H,22,25). The van der Waals surface area contributed by atoms with E-state index in [0.717, 1.165) is 21.8 Å². The summed E-state index contributed by atoms with van der Waals surface area (Å²) in [6.07, 6.45) is 0. The lowest BCUT2D eigenvalue weighted by molar-refractivity contribution is -0.113. The predicted octanol–water partition coefficient (Wildman–Crippen LogP) is 5.03. The summed E-state index contributed by atoms with van der Waals surface area (Å²) in [4.78, 5) is 17.0. The molecule has 1 heterocycles. The van der Waals surface area contributed by atoms with Crippen LogP contribution in [0.2, 0.25) is 10.0 Å². The van der Waals surface area contributed by atoms with Crippen molar-refractivity contribution in [3.63, 3.8) is 0 Å². The van der Waals surface area contributed by atoms with Gasteiger partial charge in [-0.25, -0.2) is 4.98 Å². The first-order chi connectivity index (χ1) is 13.0. The summed E-state index contributed by atoms with van der Waals surface area (Å²) in [5, 5.41) is 4.90. The molecule has 3 rings (SSSR count). The quantitative estimate of drug-likeness (QED) is 0.541. The zero-order valence-electron chi connectivity index (χ0n) is 15.0. The molecule has 27 heavy (non-hydrogen) atoms. The number of nitrogens with one attached hydrogen (secondary N) is 1. The largest absolute Gasteiger partial charge is 0.383 e. The van der Waals surface area contributed by atoms with E-state index in [4.69, 9.17) is 27.9 Å². The average Bonchev–Trinajstić information content (AvgIpc) is 2.98. The third-order valence-corrected chi connectivity index (χ3v) is 5.69. The van der Waals surface area contributed by atoms with Crippen LogP contribution in [0.25, 0.3) is 11.0 Å². The molecule has 0 aliphatic heterocycles. The Kier molecular flexibility index (Phi) is 6.65. The van der Waals surface area contributed by atoms with Crippen LogP contribution >= 0.6 is 35.0 Å². The van der Waals surface area contributed by atoms with E-state index in [1.165, 1.54) is 11.8 Å². The van der Waals surface area contributed by atoms with E-state index >= 15 is 0 Å². The van der Waals surface area contributed by atoms with Gasteiger partial charge in [0.25, 0.3) is 0 Å². The van der Waals surface area contributed by atoms with E-state index in [1.807, 2.05) is 41.8 Å². The Labute approximate surface area is 172 Å². The molecule has 0 saturated heterocycles. The molecular weight excluding hydrogens is 405 g/mol. The van der Waals surface area contributed by atoms with Crippen molar-refractivity contribution in [2.24, 2.45) is 0 Å². The smallest absolute Gasteiger partial charge is 0.234 e. The molecule has 142 valence electrons. The molecule has 1 amide bonds. The van der Waals surface area contributed by atoms with E-state index in [-0.39, 0.29) is 11.7 Å². The third-order valence-electron chi connectivity index (χ3n) is 4.07. The number of halogens is 2. The number of rotatable bonds is 7. The van der Waals surface area contributed by atoms with Crippen LogP contribution in [-0.4, -0.2) is 34.9 Å². The van der Waals surface area contributed by atoms with Gasteiger partial charge < -0.3 is 14.6 Å². The molecule has 5 nitrogen and oxygen atoms in total. The maximum atomic E-state index is 12.4. The fraction of sp³-hybridized carbons (Fsp3) is 0.263. The Balaban J connectivity index is 1.75. The van der Waals surface area contributed by atoms with Gasteiger partial charge in [0.2, 0.25) is 5.91 Å². The number of anilines is 1. The predicted molar refractivity (Wildman–Crippen MR) is 112 cm³/mol. The summed E-state index contributed by atoms with van der Waals surface area (Å²) in [7, 11) is 1.66. The van der Waals surface area contributed by atoms with Gasteiger partial charge in [-0.2, -0.15) is 0 Å². The van der Waals surface area contributed by atoms with E-state index in [9.17, 15) is 4.79 Å². The lowest BCUT2D eigenvalue weighted by Gasteiger charge is -2.10. The second-order valence-electron chi connectivity index (χ2n) is 5.92. The Hall–Kier alpha value is -1.73. The summed E-state index contributed by atoms with van der Waals surface area (Å²) in [6.45, 7) is 3.07. The number of fused-ring (bicyclic) bond motifs is 1. The molecule has 0 fully saturated rings. The van der Waals surface area contributed by atoms with Crippen LogP contribution in [-0.2, 0) is 16.1 Å². The van der Waals surface area contributed by atoms with Crippen molar-refractivity contribution >= 4 is 57.6 Å². The van der Waals surface area contributed by atoms with Gasteiger partial charge in [-0.15, -0.1) is 0 Å². The van der Waals surface area contributed by atoms with E-state index in [0.29, 0.717) is 28.9 Å². The molecule has 0 bridgehead atoms. The van der Waals surface area contributed by atoms with Gasteiger partial charge in [0.1, 0.15) is 0 Å². The van der Waals surface area contributed by atoms with Gasteiger partial charge in [-0.1, -0.05) is 41.0 Å². The molecule has 0 atom stereocenters. The Bertz CT molecular complexity index is 975. The van der Waals surface area contributed by atoms with Crippen LogP contribution in [0.4, 0.5) is 5.69 Å². The van der Waals surface area contributed by atoms with Crippen molar-refractivity contribution in [3.05, 3.63) is 52.0 Å². The Morgan fingerprint density at radius 2 is 2.11 bits per heavy atom. The lowest BCUT2D eigenvalue weighted by atomic mass is 10.2. The molecule has 0 aliphatic rings. The van der Waals surface area contributed by atoms with Crippen molar-refractivity contribution in [2.75, 3.05) is 24.8 Å². The molecule has 0 unspecified atom stereocenters. The summed E-state index contributed by atoms with van der Waals surface area (Å²) >= 11 is 13.6. The van der Waals surface area contributed by atoms with Crippen LogP contribution in [0.15, 0.2) is 41.6 Å². The third kappa shape index (κ3) is 4.76. The zero-order chi connectivity index (χ0) is 19.4. The lowest BCUT2D eigenvalue weighted by Crippen LogP contribution is -2.15. The highest BCUT2D eigenvalue weighted by molar-refractivity contribution is 7.99. The number of hydrogen-bond donors (Lipinski definition) is 1. The fourth-order valence-electron chi connectivity index (χ4n) is 2.65. The monoisotopic (exact) mass is 423 g/mol. The zero-order valence-corrected chi connectivity index (χ0v) is 17.3. The number of methoxy groups -OCH3 is 1. The van der Waals surface area contributed by atoms with Gasteiger partial charge >= 0.3 is 0 Å². The average molecular weight is 424 g/mol. The van der Waals surface area contributed by atoms with Crippen LogP contribution in [0.5, 0.6) is 0 Å². The molecule has 1 N–H and O–H groups in total. The molecule has 2 aromatic carbocycles. The maximum Gasteiger partial charge on any atom is 0.234 e. The molecular formula is C19H19Cl2N3O2S. The topological polar surface area (TPSA) is 56.1 Å². The SMILES string of the molecule is COCCn1c(SCC(=O)Nc2cccc(Cl)c2C)nc2cc(Cl)ccc21. The van der Waals surface area contributed by atoms with E-state index in [2.05, 4.69) is 10.3 Å². The summed E-state index contributed by atoms with van der Waals surface area (Å²) in [5.74, 6) is 0.115. The molecule has 0 aliphatic carbocycles. The van der Waals surface area contributed by atoms with Gasteiger partial charge in [0.15, 0.2) is 5.16 Å². The van der Waals surface area contributed by atoms with E-state index < -0.39 is 0 Å². The Morgan fingerprint density at radius 1 is 1.30 bits per heavy atom. The highest BCUT2D eigenvalue weighted by atomic mass is 35.5. The normalized spacial score (nSPS) is 11.1. The van der Waals surface area contributed by atoms with Crippen LogP contribution < -0.4 is 5.32 Å². The van der Waals surface area contributed by atoms with Gasteiger partial charge in [0.05, 0.1) is 23.4 Å². The van der Waals surface area contributed by atoms with Crippen molar-refractivity contribution in [1.82, 2.24) is 9.55 Å². The van der Waals surface area contributed by atoms with Crippen molar-refractivity contribution in [1.29, 1.82) is 0 Å². The van der Waals surface area contributed by atoms with Gasteiger partial charge in [-0.3, -0.25) is 4.79 Å². The number of benzene rings is 2. The molecule has 3 aromatic rings. The maximum absolute atomic E-state index is 12.4. The highest BCUT2D eigenvalue weighted by Crippen LogP contribution is 2.27. The van der Waals surface area contributed by atoms with Crippen molar-refractivity contribution in [2.45, 2.75) is 18.6 Å². The second-order valence-corrected chi connectivity index (χ2v) is 7.71. The molecule has 1 aromatic heterocycles. The summed E-state index contributed by atoms with van der Waals surface area (Å²) in [5.41, 5.74) is 3.32. The minimum absolute atomic E-state index is 0.117. The van der Waals surface area contributed by atoms with Crippen LogP contribution in [0.3, 0.4) is 0 Å². The molecule has 8 heteroatoms. The van der Waals surface area contributed by atoms with E-state index in [1.54, 1.807) is 13.2 Å². The van der Waals surface area contributed by atoms with Crippen LogP contribution in [0.1, 0.15) is 5.56 Å². The Morgan fingerprint density at radius 3 is 2.89 bits per heavy atom. The van der Waals surface area contributed by atoms with Crippen LogP contribution in [0, 0.1) is 6.92 Å². The molecule has 0 saturated carbocycles. The first-order valence-corrected chi connectivity index (χ1v) is 10.1. The van der Waals surface area contributed by atoms with Gasteiger partial charge in [0, 0.05) is 29.4 Å². The number of aromatic nitrogens is 2. The fourth-order valence-corrected chi connectivity index (χ4v) is 3.83. The number of nitrogens with zero attached hydrogens (tertiary/aromatic N) is 2. The number of carbonyl (C=O) groups is 1. The molecule has 0 spiro atoms. The molecule has 0 radical (unpaired) electrons. The second kappa shape index (κ2) is 8.97. The van der Waals surface area contributed by atoms with Gasteiger partial charge in [-0.05, 0) is 42.8 Å². The van der Waals surface area contributed by atoms with Crippen molar-refractivity contribution in [3.8, 4) is 0 Å². The minimum Gasteiger partial charge on any atom is -0.383 e. The van der Waals surface area contributed by atoms with Crippen molar-refractivity contribution < 1.29 is 9.53 Å². The number of ether oxygens (including phenoxy) is 1. The highest BCUT2D eigenvalue weighted by Gasteiger charge is 2.14. The number of thioether (sulfide) groups is 1. The minimum atomic E-state index is -0.117. The number of imidazole rings is 1. The number of amides is 1. The first kappa shape index (κ1) is 20.0. The summed E-state index contributed by atoms with van der Waals surface area (Å²) < 4.78 is 7.24. The number of hydrogen-bond acceptors (Lipinski definition) is 4. The first-order valence-electron chi connectivity index (χ1n) is 8.32.